The Hall–Kier alpha value is -2.48. The summed E-state index contributed by atoms with van der Waals surface area (Å²) in [5.41, 5.74) is 1.46. The van der Waals surface area contributed by atoms with E-state index >= 15 is 0 Å². The standard InChI is InChI=1S/C23H21Cl2NO5S/c1-3-14(2)31-21(27)12-26-22(28)20(32-23(26)29)10-15-5-4-6-18(9-15)30-13-16-7-8-17(24)11-19(16)25/h4-11,14H,3,12-13H2,1-2H3/b20-10+/t14-/m1/s1. The summed E-state index contributed by atoms with van der Waals surface area (Å²) < 4.78 is 11.0. The van der Waals surface area contributed by atoms with Crippen LogP contribution in [0.4, 0.5) is 4.79 Å². The number of carbonyl (C=O) groups excluding carboxylic acids is 3. The predicted molar refractivity (Wildman–Crippen MR) is 126 cm³/mol. The van der Waals surface area contributed by atoms with Gasteiger partial charge in [-0.25, -0.2) is 0 Å². The van der Waals surface area contributed by atoms with Crippen LogP contribution in [0.25, 0.3) is 6.08 Å². The lowest BCUT2D eigenvalue weighted by Gasteiger charge is -2.14. The van der Waals surface area contributed by atoms with Gasteiger partial charge in [-0.1, -0.05) is 48.3 Å². The topological polar surface area (TPSA) is 72.9 Å². The van der Waals surface area contributed by atoms with E-state index in [-0.39, 0.29) is 17.6 Å². The van der Waals surface area contributed by atoms with Gasteiger partial charge in [0.2, 0.25) is 0 Å². The molecule has 1 aliphatic rings. The van der Waals surface area contributed by atoms with Gasteiger partial charge in [0, 0.05) is 15.6 Å². The number of esters is 1. The normalized spacial score (nSPS) is 15.9. The number of thioether (sulfide) groups is 1. The van der Waals surface area contributed by atoms with Crippen LogP contribution in [0, 0.1) is 0 Å². The lowest BCUT2D eigenvalue weighted by molar-refractivity contribution is -0.150. The van der Waals surface area contributed by atoms with E-state index in [4.69, 9.17) is 32.7 Å². The van der Waals surface area contributed by atoms with Crippen LogP contribution < -0.4 is 4.74 Å². The van der Waals surface area contributed by atoms with Gasteiger partial charge in [0.15, 0.2) is 0 Å². The monoisotopic (exact) mass is 493 g/mol. The third-order valence-corrected chi connectivity index (χ3v) is 6.13. The minimum Gasteiger partial charge on any atom is -0.489 e. The highest BCUT2D eigenvalue weighted by Gasteiger charge is 2.36. The fourth-order valence-corrected chi connectivity index (χ4v) is 4.06. The van der Waals surface area contributed by atoms with Crippen LogP contribution >= 0.6 is 35.0 Å². The highest BCUT2D eigenvalue weighted by Crippen LogP contribution is 2.32. The van der Waals surface area contributed by atoms with Crippen molar-refractivity contribution in [2.45, 2.75) is 33.0 Å². The lowest BCUT2D eigenvalue weighted by Crippen LogP contribution is -2.35. The summed E-state index contributed by atoms with van der Waals surface area (Å²) in [4.78, 5) is 37.9. The van der Waals surface area contributed by atoms with Crippen molar-refractivity contribution >= 4 is 58.2 Å². The van der Waals surface area contributed by atoms with E-state index in [0.29, 0.717) is 27.8 Å². The van der Waals surface area contributed by atoms with Crippen molar-refractivity contribution < 1.29 is 23.9 Å². The summed E-state index contributed by atoms with van der Waals surface area (Å²) in [6.07, 6.45) is 1.96. The smallest absolute Gasteiger partial charge is 0.326 e. The molecule has 0 saturated carbocycles. The molecule has 0 radical (unpaired) electrons. The molecule has 1 heterocycles. The summed E-state index contributed by atoms with van der Waals surface area (Å²) in [5.74, 6) is -0.569. The molecule has 1 saturated heterocycles. The van der Waals surface area contributed by atoms with E-state index in [0.717, 1.165) is 22.2 Å². The van der Waals surface area contributed by atoms with Crippen molar-refractivity contribution in [1.82, 2.24) is 4.90 Å². The number of halogens is 2. The third-order valence-electron chi connectivity index (χ3n) is 4.63. The fourth-order valence-electron chi connectivity index (χ4n) is 2.76. The van der Waals surface area contributed by atoms with Crippen LogP contribution in [-0.2, 0) is 20.9 Å². The second-order valence-electron chi connectivity index (χ2n) is 7.07. The number of carbonyl (C=O) groups is 3. The lowest BCUT2D eigenvalue weighted by atomic mass is 10.2. The van der Waals surface area contributed by atoms with Gasteiger partial charge in [0.05, 0.1) is 11.0 Å². The minimum atomic E-state index is -0.612. The molecule has 32 heavy (non-hydrogen) atoms. The Morgan fingerprint density at radius 1 is 1.19 bits per heavy atom. The van der Waals surface area contributed by atoms with Crippen molar-refractivity contribution in [3.05, 3.63) is 68.5 Å². The molecule has 6 nitrogen and oxygen atoms in total. The number of imide groups is 1. The Bertz CT molecular complexity index is 1070. The van der Waals surface area contributed by atoms with Crippen molar-refractivity contribution in [3.8, 4) is 5.75 Å². The fraction of sp³-hybridized carbons (Fsp3) is 0.261. The summed E-state index contributed by atoms with van der Waals surface area (Å²) in [6, 6.07) is 12.2. The SMILES string of the molecule is CC[C@@H](C)OC(=O)CN1C(=O)S/C(=C/c2cccc(OCc3ccc(Cl)cc3Cl)c2)C1=O. The van der Waals surface area contributed by atoms with Crippen LogP contribution in [0.5, 0.6) is 5.75 Å². The number of nitrogens with zero attached hydrogens (tertiary/aromatic N) is 1. The molecule has 2 aromatic rings. The van der Waals surface area contributed by atoms with Crippen molar-refractivity contribution in [1.29, 1.82) is 0 Å². The van der Waals surface area contributed by atoms with Gasteiger partial charge in [0.1, 0.15) is 18.9 Å². The van der Waals surface area contributed by atoms with E-state index in [2.05, 4.69) is 0 Å². The Balaban J connectivity index is 1.67. The molecule has 0 aromatic heterocycles. The van der Waals surface area contributed by atoms with Crippen LogP contribution in [-0.4, -0.2) is 34.7 Å². The van der Waals surface area contributed by atoms with Gasteiger partial charge >= 0.3 is 5.97 Å². The summed E-state index contributed by atoms with van der Waals surface area (Å²) >= 11 is 12.9. The molecule has 1 atom stereocenters. The molecule has 2 amide bonds. The maximum Gasteiger partial charge on any atom is 0.326 e. The van der Waals surface area contributed by atoms with E-state index in [1.807, 2.05) is 6.92 Å². The van der Waals surface area contributed by atoms with Gasteiger partial charge in [-0.15, -0.1) is 0 Å². The second kappa shape index (κ2) is 10.9. The number of hydrogen-bond acceptors (Lipinski definition) is 6. The largest absolute Gasteiger partial charge is 0.489 e. The minimum absolute atomic E-state index is 0.226. The third kappa shape index (κ3) is 6.28. The van der Waals surface area contributed by atoms with Crippen LogP contribution in [0.3, 0.4) is 0 Å². The van der Waals surface area contributed by atoms with Gasteiger partial charge < -0.3 is 9.47 Å². The van der Waals surface area contributed by atoms with E-state index in [9.17, 15) is 14.4 Å². The number of ether oxygens (including phenoxy) is 2. The first-order chi connectivity index (χ1) is 15.3. The summed E-state index contributed by atoms with van der Waals surface area (Å²) in [5, 5.41) is 0.546. The Morgan fingerprint density at radius 2 is 1.97 bits per heavy atom. The molecule has 1 fully saturated rings. The van der Waals surface area contributed by atoms with Crippen molar-refractivity contribution in [2.75, 3.05) is 6.54 Å². The molecule has 168 valence electrons. The Morgan fingerprint density at radius 3 is 2.69 bits per heavy atom. The van der Waals surface area contributed by atoms with Crippen LogP contribution in [0.2, 0.25) is 10.0 Å². The zero-order valence-electron chi connectivity index (χ0n) is 17.5. The van der Waals surface area contributed by atoms with Crippen LogP contribution in [0.15, 0.2) is 47.4 Å². The van der Waals surface area contributed by atoms with Gasteiger partial charge in [-0.2, -0.15) is 0 Å². The quantitative estimate of drug-likeness (QED) is 0.334. The maximum absolute atomic E-state index is 12.6. The molecule has 0 spiro atoms. The second-order valence-corrected chi connectivity index (χ2v) is 8.91. The molecule has 0 N–H and O–H groups in total. The predicted octanol–water partition coefficient (Wildman–Crippen LogP) is 5.95. The number of amides is 2. The Kier molecular flexibility index (Phi) is 8.23. The van der Waals surface area contributed by atoms with Gasteiger partial charge in [-0.3, -0.25) is 19.3 Å². The zero-order chi connectivity index (χ0) is 23.3. The number of rotatable bonds is 8. The van der Waals surface area contributed by atoms with E-state index in [1.54, 1.807) is 55.5 Å². The number of benzene rings is 2. The molecule has 1 aliphatic heterocycles. The molecule has 0 bridgehead atoms. The van der Waals surface area contributed by atoms with E-state index in [1.165, 1.54) is 0 Å². The van der Waals surface area contributed by atoms with Crippen molar-refractivity contribution in [3.63, 3.8) is 0 Å². The highest BCUT2D eigenvalue weighted by atomic mass is 35.5. The first kappa shape index (κ1) is 24.2. The first-order valence-corrected chi connectivity index (χ1v) is 11.5. The summed E-state index contributed by atoms with van der Waals surface area (Å²) in [6.45, 7) is 3.47. The molecule has 3 rings (SSSR count). The number of hydrogen-bond donors (Lipinski definition) is 0. The molecule has 9 heteroatoms. The molecular formula is C23H21Cl2NO5S. The molecular weight excluding hydrogens is 473 g/mol. The zero-order valence-corrected chi connectivity index (χ0v) is 19.8. The van der Waals surface area contributed by atoms with Crippen LogP contribution in [0.1, 0.15) is 31.4 Å². The Labute approximate surface area is 200 Å². The average Bonchev–Trinajstić information content (AvgIpc) is 3.00. The molecule has 0 unspecified atom stereocenters. The van der Waals surface area contributed by atoms with Gasteiger partial charge in [-0.05, 0) is 61.0 Å². The molecule has 2 aromatic carbocycles. The van der Waals surface area contributed by atoms with Gasteiger partial charge in [0.25, 0.3) is 11.1 Å². The van der Waals surface area contributed by atoms with Crippen molar-refractivity contribution in [2.24, 2.45) is 0 Å². The molecule has 0 aliphatic carbocycles. The highest BCUT2D eigenvalue weighted by molar-refractivity contribution is 8.18. The maximum atomic E-state index is 12.6. The first-order valence-electron chi connectivity index (χ1n) is 9.88. The summed E-state index contributed by atoms with van der Waals surface area (Å²) in [7, 11) is 0. The average molecular weight is 494 g/mol. The van der Waals surface area contributed by atoms with E-state index < -0.39 is 23.7 Å².